The number of aromatic nitrogens is 2. The van der Waals surface area contributed by atoms with E-state index in [1.807, 2.05) is 6.92 Å². The van der Waals surface area contributed by atoms with Crippen LogP contribution in [0.15, 0.2) is 35.1 Å². The van der Waals surface area contributed by atoms with Gasteiger partial charge in [-0.1, -0.05) is 0 Å². The Morgan fingerprint density at radius 2 is 2.16 bits per heavy atom. The molecule has 0 saturated heterocycles. The molecule has 2 rings (SSSR count). The van der Waals surface area contributed by atoms with Crippen LogP contribution in [0.1, 0.15) is 21.7 Å². The van der Waals surface area contributed by atoms with Crippen LogP contribution in [0.3, 0.4) is 0 Å². The summed E-state index contributed by atoms with van der Waals surface area (Å²) in [4.78, 5) is 20.1. The zero-order valence-corrected chi connectivity index (χ0v) is 11.8. The molecule has 6 heteroatoms. The van der Waals surface area contributed by atoms with E-state index in [2.05, 4.69) is 31.2 Å². The summed E-state index contributed by atoms with van der Waals surface area (Å²) in [5.74, 6) is -0.243. The van der Waals surface area contributed by atoms with Crippen molar-refractivity contribution in [2.24, 2.45) is 0 Å². The van der Waals surface area contributed by atoms with Gasteiger partial charge >= 0.3 is 0 Å². The molecule has 19 heavy (non-hydrogen) atoms. The van der Waals surface area contributed by atoms with Crippen molar-refractivity contribution in [1.82, 2.24) is 15.3 Å². The van der Waals surface area contributed by atoms with Crippen LogP contribution >= 0.6 is 15.9 Å². The normalized spacial score (nSPS) is 10.2. The number of nitrogens with one attached hydrogen (secondary N) is 1. The standard InChI is InChI=1S/C13H12BrN3O2/c1-8-5-16-10(6-15-8)7-17-13(19)9-2-3-11(14)12(18)4-9/h2-6,18H,7H2,1H3,(H,17,19). The largest absolute Gasteiger partial charge is 0.507 e. The van der Waals surface area contributed by atoms with E-state index in [1.54, 1.807) is 24.5 Å². The molecule has 0 unspecified atom stereocenters. The van der Waals surface area contributed by atoms with Gasteiger partial charge < -0.3 is 10.4 Å². The number of aromatic hydroxyl groups is 1. The van der Waals surface area contributed by atoms with E-state index in [9.17, 15) is 9.90 Å². The number of carbonyl (C=O) groups excluding carboxylic acids is 1. The fourth-order valence-electron chi connectivity index (χ4n) is 1.44. The number of aryl methyl sites for hydroxylation is 1. The van der Waals surface area contributed by atoms with Crippen LogP contribution in [0.2, 0.25) is 0 Å². The smallest absolute Gasteiger partial charge is 0.251 e. The van der Waals surface area contributed by atoms with Crippen LogP contribution in [0.5, 0.6) is 5.75 Å². The molecule has 0 radical (unpaired) electrons. The molecule has 0 aliphatic rings. The highest BCUT2D eigenvalue weighted by atomic mass is 79.9. The maximum Gasteiger partial charge on any atom is 0.251 e. The van der Waals surface area contributed by atoms with Crippen molar-refractivity contribution in [1.29, 1.82) is 0 Å². The molecule has 0 atom stereocenters. The van der Waals surface area contributed by atoms with Crippen LogP contribution in [-0.4, -0.2) is 21.0 Å². The Kier molecular flexibility index (Phi) is 4.11. The molecule has 0 saturated carbocycles. The molecule has 0 fully saturated rings. The first-order valence-corrected chi connectivity index (χ1v) is 6.40. The van der Waals surface area contributed by atoms with Gasteiger partial charge in [0.05, 0.1) is 28.6 Å². The topological polar surface area (TPSA) is 75.1 Å². The van der Waals surface area contributed by atoms with Gasteiger partial charge in [0.25, 0.3) is 5.91 Å². The third-order valence-electron chi connectivity index (χ3n) is 2.47. The van der Waals surface area contributed by atoms with E-state index >= 15 is 0 Å². The first-order chi connectivity index (χ1) is 9.06. The molecule has 98 valence electrons. The van der Waals surface area contributed by atoms with Crippen molar-refractivity contribution in [2.45, 2.75) is 13.5 Å². The van der Waals surface area contributed by atoms with Gasteiger partial charge in [-0.2, -0.15) is 0 Å². The second-order valence-corrected chi connectivity index (χ2v) is 4.85. The van der Waals surface area contributed by atoms with Gasteiger partial charge in [0.1, 0.15) is 5.75 Å². The minimum absolute atomic E-state index is 0.0303. The molecule has 0 aliphatic heterocycles. The Bertz CT molecular complexity index is 599. The molecule has 2 N–H and O–H groups in total. The summed E-state index contributed by atoms with van der Waals surface area (Å²) in [5.41, 5.74) is 1.90. The number of hydrogen-bond donors (Lipinski definition) is 2. The third kappa shape index (κ3) is 3.51. The summed E-state index contributed by atoms with van der Waals surface area (Å²) in [6.07, 6.45) is 3.27. The Hall–Kier alpha value is -1.95. The second-order valence-electron chi connectivity index (χ2n) is 4.00. The van der Waals surface area contributed by atoms with E-state index in [1.165, 1.54) is 6.07 Å². The molecule has 1 aromatic carbocycles. The first-order valence-electron chi connectivity index (χ1n) is 5.60. The fraction of sp³-hybridized carbons (Fsp3) is 0.154. The maximum atomic E-state index is 11.9. The fourth-order valence-corrected chi connectivity index (χ4v) is 1.68. The molecular formula is C13H12BrN3O2. The van der Waals surface area contributed by atoms with Gasteiger partial charge in [0, 0.05) is 11.8 Å². The van der Waals surface area contributed by atoms with Gasteiger partial charge in [-0.05, 0) is 41.1 Å². The first kappa shape index (κ1) is 13.5. The quantitative estimate of drug-likeness (QED) is 0.908. The van der Waals surface area contributed by atoms with Gasteiger partial charge in [-0.25, -0.2) is 0 Å². The number of hydrogen-bond acceptors (Lipinski definition) is 4. The average Bonchev–Trinajstić information content (AvgIpc) is 2.41. The van der Waals surface area contributed by atoms with Gasteiger partial charge in [0.15, 0.2) is 0 Å². The molecule has 0 spiro atoms. The van der Waals surface area contributed by atoms with Crippen molar-refractivity contribution in [3.8, 4) is 5.75 Å². The Morgan fingerprint density at radius 1 is 1.37 bits per heavy atom. The van der Waals surface area contributed by atoms with Crippen molar-refractivity contribution < 1.29 is 9.90 Å². The lowest BCUT2D eigenvalue weighted by Crippen LogP contribution is -2.23. The lowest BCUT2D eigenvalue weighted by atomic mass is 10.2. The number of carbonyl (C=O) groups is 1. The SMILES string of the molecule is Cc1cnc(CNC(=O)c2ccc(Br)c(O)c2)cn1. The summed E-state index contributed by atoms with van der Waals surface area (Å²) in [5, 5.41) is 12.2. The van der Waals surface area contributed by atoms with Crippen LogP contribution in [0.25, 0.3) is 0 Å². The summed E-state index contributed by atoms with van der Waals surface area (Å²) < 4.78 is 0.549. The average molecular weight is 322 g/mol. The number of halogens is 1. The Labute approximate surface area is 118 Å². The lowest BCUT2D eigenvalue weighted by Gasteiger charge is -2.06. The number of benzene rings is 1. The number of amides is 1. The predicted octanol–water partition coefficient (Wildman–Crippen LogP) is 2.18. The van der Waals surface area contributed by atoms with Crippen LogP contribution in [0.4, 0.5) is 0 Å². The molecule has 1 heterocycles. The number of rotatable bonds is 3. The van der Waals surface area contributed by atoms with Crippen molar-refractivity contribution in [2.75, 3.05) is 0 Å². The number of nitrogens with zero attached hydrogens (tertiary/aromatic N) is 2. The summed E-state index contributed by atoms with van der Waals surface area (Å²) in [7, 11) is 0. The van der Waals surface area contributed by atoms with Gasteiger partial charge in [-0.3, -0.25) is 14.8 Å². The van der Waals surface area contributed by atoms with E-state index < -0.39 is 0 Å². The predicted molar refractivity (Wildman–Crippen MR) is 73.7 cm³/mol. The zero-order valence-electron chi connectivity index (χ0n) is 10.2. The number of phenolic OH excluding ortho intramolecular Hbond substituents is 1. The minimum atomic E-state index is -0.273. The molecule has 0 aliphatic carbocycles. The maximum absolute atomic E-state index is 11.9. The lowest BCUT2D eigenvalue weighted by molar-refractivity contribution is 0.0950. The van der Waals surface area contributed by atoms with E-state index in [-0.39, 0.29) is 11.7 Å². The highest BCUT2D eigenvalue weighted by molar-refractivity contribution is 9.10. The van der Waals surface area contributed by atoms with E-state index in [4.69, 9.17) is 0 Å². The van der Waals surface area contributed by atoms with Gasteiger partial charge in [-0.15, -0.1) is 0 Å². The third-order valence-corrected chi connectivity index (χ3v) is 3.14. The van der Waals surface area contributed by atoms with E-state index in [0.29, 0.717) is 22.3 Å². The summed E-state index contributed by atoms with van der Waals surface area (Å²) in [6, 6.07) is 4.65. The van der Waals surface area contributed by atoms with Crippen LogP contribution < -0.4 is 5.32 Å². The molecule has 5 nitrogen and oxygen atoms in total. The highest BCUT2D eigenvalue weighted by Crippen LogP contribution is 2.24. The molecule has 0 bridgehead atoms. The highest BCUT2D eigenvalue weighted by Gasteiger charge is 2.08. The van der Waals surface area contributed by atoms with E-state index in [0.717, 1.165) is 5.69 Å². The molecular weight excluding hydrogens is 310 g/mol. The molecule has 1 aromatic heterocycles. The zero-order chi connectivity index (χ0) is 13.8. The van der Waals surface area contributed by atoms with Crippen LogP contribution in [-0.2, 0) is 6.54 Å². The van der Waals surface area contributed by atoms with Gasteiger partial charge in [0.2, 0.25) is 0 Å². The second kappa shape index (κ2) is 5.79. The molecule has 1 amide bonds. The van der Waals surface area contributed by atoms with Crippen molar-refractivity contribution in [3.63, 3.8) is 0 Å². The van der Waals surface area contributed by atoms with Crippen molar-refractivity contribution in [3.05, 3.63) is 52.0 Å². The number of phenols is 1. The Morgan fingerprint density at radius 3 is 2.79 bits per heavy atom. The summed E-state index contributed by atoms with van der Waals surface area (Å²) in [6.45, 7) is 2.14. The monoisotopic (exact) mass is 321 g/mol. The van der Waals surface area contributed by atoms with Crippen molar-refractivity contribution >= 4 is 21.8 Å². The minimum Gasteiger partial charge on any atom is -0.507 e. The summed E-state index contributed by atoms with van der Waals surface area (Å²) >= 11 is 3.16. The molecule has 2 aromatic rings. The Balaban J connectivity index is 2.01. The van der Waals surface area contributed by atoms with Crippen LogP contribution in [0, 0.1) is 6.92 Å².